The van der Waals surface area contributed by atoms with Gasteiger partial charge in [-0.3, -0.25) is 4.79 Å². The summed E-state index contributed by atoms with van der Waals surface area (Å²) in [4.78, 5) is 13.0. The van der Waals surface area contributed by atoms with Crippen LogP contribution in [0.1, 0.15) is 13.3 Å². The predicted octanol–water partition coefficient (Wildman–Crippen LogP) is 1.33. The van der Waals surface area contributed by atoms with E-state index in [9.17, 15) is 4.79 Å². The first-order valence-corrected chi connectivity index (χ1v) is 5.93. The molecule has 1 aliphatic heterocycles. The highest BCUT2D eigenvalue weighted by molar-refractivity contribution is 5.67. The van der Waals surface area contributed by atoms with Crippen molar-refractivity contribution in [1.29, 1.82) is 0 Å². The van der Waals surface area contributed by atoms with Crippen LogP contribution >= 0.6 is 0 Å². The van der Waals surface area contributed by atoms with Crippen molar-refractivity contribution in [2.24, 2.45) is 0 Å². The Morgan fingerprint density at radius 1 is 1.41 bits per heavy atom. The minimum absolute atomic E-state index is 0.0245. The fourth-order valence-electron chi connectivity index (χ4n) is 2.36. The molecule has 1 unspecified atom stereocenters. The van der Waals surface area contributed by atoms with E-state index in [0.717, 1.165) is 18.8 Å². The van der Waals surface area contributed by atoms with Gasteiger partial charge in [0.1, 0.15) is 0 Å². The van der Waals surface area contributed by atoms with Gasteiger partial charge in [-0.25, -0.2) is 0 Å². The molecule has 1 aliphatic rings. The molecular weight excluding hydrogens is 216 g/mol. The van der Waals surface area contributed by atoms with Crippen LogP contribution < -0.4 is 10.2 Å². The Kier molecular flexibility index (Phi) is 3.64. The Bertz CT molecular complexity index is 380. The third kappa shape index (κ3) is 3.20. The monoisotopic (exact) mass is 234 g/mol. The Morgan fingerprint density at radius 2 is 2.12 bits per heavy atom. The average molecular weight is 234 g/mol. The summed E-state index contributed by atoms with van der Waals surface area (Å²) in [7, 11) is 0. The van der Waals surface area contributed by atoms with Gasteiger partial charge in [-0.2, -0.15) is 0 Å². The van der Waals surface area contributed by atoms with Gasteiger partial charge in [0.15, 0.2) is 0 Å². The Hall–Kier alpha value is -1.55. The summed E-state index contributed by atoms with van der Waals surface area (Å²) in [5.74, 6) is -0.746. The summed E-state index contributed by atoms with van der Waals surface area (Å²) >= 11 is 0. The number of hydrogen-bond donors (Lipinski definition) is 2. The van der Waals surface area contributed by atoms with E-state index in [1.165, 1.54) is 0 Å². The lowest BCUT2D eigenvalue weighted by Crippen LogP contribution is -2.56. The second-order valence-corrected chi connectivity index (χ2v) is 4.60. The number of nitrogens with one attached hydrogen (secondary N) is 1. The molecule has 1 aromatic carbocycles. The van der Waals surface area contributed by atoms with Crippen molar-refractivity contribution < 1.29 is 9.90 Å². The van der Waals surface area contributed by atoms with Crippen molar-refractivity contribution in [3.05, 3.63) is 30.3 Å². The summed E-state index contributed by atoms with van der Waals surface area (Å²) in [6, 6.07) is 10.5. The Balaban J connectivity index is 2.06. The number of anilines is 1. The van der Waals surface area contributed by atoms with Crippen LogP contribution in [0.15, 0.2) is 30.3 Å². The van der Waals surface area contributed by atoms with Crippen LogP contribution in [0, 0.1) is 0 Å². The maximum atomic E-state index is 10.8. The number of carbonyl (C=O) groups is 1. The van der Waals surface area contributed by atoms with Crippen LogP contribution in [0.25, 0.3) is 0 Å². The van der Waals surface area contributed by atoms with Gasteiger partial charge in [0.25, 0.3) is 0 Å². The van der Waals surface area contributed by atoms with Crippen molar-refractivity contribution in [1.82, 2.24) is 5.32 Å². The van der Waals surface area contributed by atoms with E-state index in [4.69, 9.17) is 5.11 Å². The zero-order valence-electron chi connectivity index (χ0n) is 9.97. The van der Waals surface area contributed by atoms with Gasteiger partial charge >= 0.3 is 5.97 Å². The standard InChI is InChI=1S/C13H18N2O2/c1-10-8-15(12-5-3-2-4-6-12)9-11(14-10)7-13(16)17/h2-6,10-11,14H,7-9H2,1H3,(H,16,17)/t10-,11?/m1/s1. The quantitative estimate of drug-likeness (QED) is 0.828. The zero-order valence-corrected chi connectivity index (χ0v) is 9.97. The molecule has 1 fully saturated rings. The molecule has 2 atom stereocenters. The molecule has 0 radical (unpaired) electrons. The van der Waals surface area contributed by atoms with E-state index in [-0.39, 0.29) is 12.5 Å². The van der Waals surface area contributed by atoms with Crippen molar-refractivity contribution in [3.63, 3.8) is 0 Å². The van der Waals surface area contributed by atoms with Crippen molar-refractivity contribution in [2.75, 3.05) is 18.0 Å². The number of piperazine rings is 1. The third-order valence-electron chi connectivity index (χ3n) is 3.00. The predicted molar refractivity (Wildman–Crippen MR) is 67.3 cm³/mol. The van der Waals surface area contributed by atoms with E-state index in [0.29, 0.717) is 6.04 Å². The molecule has 1 heterocycles. The van der Waals surface area contributed by atoms with Crippen molar-refractivity contribution >= 4 is 11.7 Å². The van der Waals surface area contributed by atoms with E-state index < -0.39 is 5.97 Å². The highest BCUT2D eigenvalue weighted by Crippen LogP contribution is 2.17. The first-order valence-electron chi connectivity index (χ1n) is 5.93. The summed E-state index contributed by atoms with van der Waals surface area (Å²) in [6.07, 6.45) is 0.174. The van der Waals surface area contributed by atoms with E-state index in [1.54, 1.807) is 0 Å². The Labute approximate surface area is 101 Å². The van der Waals surface area contributed by atoms with Gasteiger partial charge in [-0.1, -0.05) is 18.2 Å². The average Bonchev–Trinajstić information content (AvgIpc) is 2.28. The molecule has 0 aromatic heterocycles. The van der Waals surface area contributed by atoms with Crippen LogP contribution in [0.3, 0.4) is 0 Å². The molecule has 0 saturated carbocycles. The number of nitrogens with zero attached hydrogens (tertiary/aromatic N) is 1. The highest BCUT2D eigenvalue weighted by Gasteiger charge is 2.25. The second-order valence-electron chi connectivity index (χ2n) is 4.60. The fourth-order valence-corrected chi connectivity index (χ4v) is 2.36. The van der Waals surface area contributed by atoms with Crippen molar-refractivity contribution in [2.45, 2.75) is 25.4 Å². The van der Waals surface area contributed by atoms with Gasteiger partial charge in [-0.05, 0) is 19.1 Å². The molecule has 4 heteroatoms. The lowest BCUT2D eigenvalue weighted by Gasteiger charge is -2.38. The minimum Gasteiger partial charge on any atom is -0.481 e. The summed E-state index contributed by atoms with van der Waals surface area (Å²) < 4.78 is 0. The molecule has 0 aliphatic carbocycles. The van der Waals surface area contributed by atoms with E-state index in [1.807, 2.05) is 18.2 Å². The number of para-hydroxylation sites is 1. The molecule has 1 aromatic rings. The first kappa shape index (κ1) is 11.9. The van der Waals surface area contributed by atoms with Gasteiger partial charge in [0.2, 0.25) is 0 Å². The molecule has 0 bridgehead atoms. The normalized spacial score (nSPS) is 24.6. The van der Waals surface area contributed by atoms with Gasteiger partial charge in [-0.15, -0.1) is 0 Å². The van der Waals surface area contributed by atoms with Gasteiger partial charge < -0.3 is 15.3 Å². The van der Waals surface area contributed by atoms with Crippen LogP contribution in [0.2, 0.25) is 0 Å². The lowest BCUT2D eigenvalue weighted by molar-refractivity contribution is -0.137. The lowest BCUT2D eigenvalue weighted by atomic mass is 10.1. The first-order chi connectivity index (χ1) is 8.15. The van der Waals surface area contributed by atoms with Crippen LogP contribution in [0.4, 0.5) is 5.69 Å². The number of rotatable bonds is 3. The molecule has 0 spiro atoms. The molecule has 1 saturated heterocycles. The van der Waals surface area contributed by atoms with E-state index in [2.05, 4.69) is 29.3 Å². The van der Waals surface area contributed by atoms with Crippen molar-refractivity contribution in [3.8, 4) is 0 Å². The highest BCUT2D eigenvalue weighted by atomic mass is 16.4. The van der Waals surface area contributed by atoms with Gasteiger partial charge in [0, 0.05) is 30.9 Å². The number of carboxylic acids is 1. The number of benzene rings is 1. The SMILES string of the molecule is C[C@@H]1CN(c2ccccc2)CC(CC(=O)O)N1. The topological polar surface area (TPSA) is 52.6 Å². The molecule has 17 heavy (non-hydrogen) atoms. The number of carboxylic acid groups (broad SMARTS) is 1. The minimum atomic E-state index is -0.746. The van der Waals surface area contributed by atoms with Crippen LogP contribution in [-0.4, -0.2) is 36.2 Å². The molecule has 4 nitrogen and oxygen atoms in total. The Morgan fingerprint density at radius 3 is 2.76 bits per heavy atom. The summed E-state index contributed by atoms with van der Waals surface area (Å²) in [5.41, 5.74) is 1.16. The van der Waals surface area contributed by atoms with Crippen LogP contribution in [0.5, 0.6) is 0 Å². The van der Waals surface area contributed by atoms with Gasteiger partial charge in [0.05, 0.1) is 6.42 Å². The van der Waals surface area contributed by atoms with Crippen LogP contribution in [-0.2, 0) is 4.79 Å². The maximum absolute atomic E-state index is 10.8. The zero-order chi connectivity index (χ0) is 12.3. The molecular formula is C13H18N2O2. The smallest absolute Gasteiger partial charge is 0.304 e. The third-order valence-corrected chi connectivity index (χ3v) is 3.00. The molecule has 92 valence electrons. The fraction of sp³-hybridized carbons (Fsp3) is 0.462. The van der Waals surface area contributed by atoms with E-state index >= 15 is 0 Å². The number of aliphatic carboxylic acids is 1. The summed E-state index contributed by atoms with van der Waals surface area (Å²) in [5, 5.41) is 12.2. The maximum Gasteiger partial charge on any atom is 0.304 e. The molecule has 2 N–H and O–H groups in total. The molecule has 2 rings (SSSR count). The second kappa shape index (κ2) is 5.19. The molecule has 0 amide bonds. The largest absolute Gasteiger partial charge is 0.481 e. The summed E-state index contributed by atoms with van der Waals surface area (Å²) in [6.45, 7) is 3.75. The number of hydrogen-bond acceptors (Lipinski definition) is 3.